The largest absolute Gasteiger partial charge is 0.494 e. The van der Waals surface area contributed by atoms with Crippen LogP contribution in [0.15, 0.2) is 29.9 Å². The van der Waals surface area contributed by atoms with Crippen LogP contribution in [0.25, 0.3) is 0 Å². The van der Waals surface area contributed by atoms with E-state index in [4.69, 9.17) is 9.94 Å². The smallest absolute Gasteiger partial charge is 0.155 e. The number of hydrogen-bond donors (Lipinski definition) is 1. The lowest BCUT2D eigenvalue weighted by atomic mass is 10.4. The Morgan fingerprint density at radius 1 is 1.00 bits per heavy atom. The highest BCUT2D eigenvalue weighted by Crippen LogP contribution is 2.02. The van der Waals surface area contributed by atoms with E-state index in [9.17, 15) is 0 Å². The van der Waals surface area contributed by atoms with Gasteiger partial charge in [-0.05, 0) is 13.8 Å². The molecule has 0 aliphatic carbocycles. The van der Waals surface area contributed by atoms with Crippen molar-refractivity contribution in [2.75, 3.05) is 7.11 Å². The minimum absolute atomic E-state index is 0.688. The van der Waals surface area contributed by atoms with Crippen molar-refractivity contribution in [2.45, 2.75) is 13.8 Å². The molecule has 0 saturated heterocycles. The van der Waals surface area contributed by atoms with E-state index in [0.717, 1.165) is 5.82 Å². The standard InChI is InChI=1S/C6H7N3O.C6H8N2O/c1-5-7-2-6(3-8-5)4-9-10;1-5-7-3-6(9-2)4-8-5/h2-4,10H,1H3;3-4H,1-2H3/b9-4+;. The number of hydrogen-bond acceptors (Lipinski definition) is 7. The first-order chi connectivity index (χ1) is 9.15. The highest BCUT2D eigenvalue weighted by atomic mass is 16.5. The normalized spacial score (nSPS) is 9.84. The molecule has 0 spiro atoms. The molecule has 0 aliphatic heterocycles. The van der Waals surface area contributed by atoms with E-state index in [-0.39, 0.29) is 0 Å². The van der Waals surface area contributed by atoms with Gasteiger partial charge in [0.25, 0.3) is 0 Å². The molecule has 0 atom stereocenters. The lowest BCUT2D eigenvalue weighted by Crippen LogP contribution is -1.89. The lowest BCUT2D eigenvalue weighted by Gasteiger charge is -1.95. The highest BCUT2D eigenvalue weighted by Gasteiger charge is 1.88. The number of methoxy groups -OCH3 is 1. The quantitative estimate of drug-likeness (QED) is 0.498. The second-order valence-corrected chi connectivity index (χ2v) is 3.48. The minimum Gasteiger partial charge on any atom is -0.494 e. The van der Waals surface area contributed by atoms with Crippen LogP contribution in [0.2, 0.25) is 0 Å². The zero-order valence-electron chi connectivity index (χ0n) is 11.0. The second-order valence-electron chi connectivity index (χ2n) is 3.48. The first kappa shape index (κ1) is 14.5. The van der Waals surface area contributed by atoms with Crippen LogP contribution in [0.5, 0.6) is 5.75 Å². The van der Waals surface area contributed by atoms with E-state index in [2.05, 4.69) is 25.1 Å². The van der Waals surface area contributed by atoms with Crippen molar-refractivity contribution in [3.8, 4) is 5.75 Å². The van der Waals surface area contributed by atoms with E-state index in [1.807, 2.05) is 6.92 Å². The van der Waals surface area contributed by atoms with Gasteiger partial charge in [-0.3, -0.25) is 0 Å². The predicted molar refractivity (Wildman–Crippen MR) is 69.5 cm³/mol. The van der Waals surface area contributed by atoms with Crippen LogP contribution in [0.1, 0.15) is 17.2 Å². The monoisotopic (exact) mass is 261 g/mol. The number of rotatable bonds is 2. The van der Waals surface area contributed by atoms with Gasteiger partial charge >= 0.3 is 0 Å². The predicted octanol–water partition coefficient (Wildman–Crippen LogP) is 1.39. The summed E-state index contributed by atoms with van der Waals surface area (Å²) in [5.74, 6) is 2.16. The molecular weight excluding hydrogens is 246 g/mol. The van der Waals surface area contributed by atoms with Crippen LogP contribution in [0, 0.1) is 13.8 Å². The summed E-state index contributed by atoms with van der Waals surface area (Å²) in [5, 5.41) is 10.9. The van der Waals surface area contributed by atoms with Crippen molar-refractivity contribution in [1.29, 1.82) is 0 Å². The van der Waals surface area contributed by atoms with E-state index in [1.54, 1.807) is 38.8 Å². The molecule has 2 aromatic rings. The number of aromatic nitrogens is 4. The Morgan fingerprint density at radius 3 is 1.89 bits per heavy atom. The molecule has 7 nitrogen and oxygen atoms in total. The highest BCUT2D eigenvalue weighted by molar-refractivity contribution is 5.77. The number of oxime groups is 1. The zero-order valence-corrected chi connectivity index (χ0v) is 11.0. The van der Waals surface area contributed by atoms with Gasteiger partial charge in [-0.25, -0.2) is 19.9 Å². The molecular formula is C12H15N5O2. The molecule has 100 valence electrons. The molecule has 0 bridgehead atoms. The van der Waals surface area contributed by atoms with Crippen LogP contribution in [-0.2, 0) is 0 Å². The molecule has 2 rings (SSSR count). The number of nitrogens with zero attached hydrogens (tertiary/aromatic N) is 5. The van der Waals surface area contributed by atoms with Crippen molar-refractivity contribution in [2.24, 2.45) is 5.16 Å². The molecule has 0 radical (unpaired) electrons. The summed E-state index contributed by atoms with van der Waals surface area (Å²) >= 11 is 0. The maximum Gasteiger partial charge on any atom is 0.155 e. The van der Waals surface area contributed by atoms with E-state index in [0.29, 0.717) is 17.1 Å². The Balaban J connectivity index is 0.000000191. The fourth-order valence-electron chi connectivity index (χ4n) is 1.02. The summed E-state index contributed by atoms with van der Waals surface area (Å²) in [6.45, 7) is 3.62. The van der Waals surface area contributed by atoms with Gasteiger partial charge in [0.15, 0.2) is 5.75 Å². The molecule has 0 fully saturated rings. The molecule has 0 unspecified atom stereocenters. The van der Waals surface area contributed by atoms with Gasteiger partial charge in [0.05, 0.1) is 25.7 Å². The van der Waals surface area contributed by atoms with Crippen molar-refractivity contribution in [3.63, 3.8) is 0 Å². The molecule has 19 heavy (non-hydrogen) atoms. The van der Waals surface area contributed by atoms with Gasteiger partial charge in [0.1, 0.15) is 11.6 Å². The van der Waals surface area contributed by atoms with Crippen molar-refractivity contribution in [1.82, 2.24) is 19.9 Å². The molecule has 0 saturated carbocycles. The van der Waals surface area contributed by atoms with Gasteiger partial charge in [0.2, 0.25) is 0 Å². The number of aryl methyl sites for hydroxylation is 2. The molecule has 0 amide bonds. The third-order valence-electron chi connectivity index (χ3n) is 2.00. The zero-order chi connectivity index (χ0) is 14.1. The van der Waals surface area contributed by atoms with Crippen LogP contribution >= 0.6 is 0 Å². The van der Waals surface area contributed by atoms with Gasteiger partial charge in [0, 0.05) is 18.0 Å². The molecule has 2 aromatic heterocycles. The van der Waals surface area contributed by atoms with Crippen LogP contribution in [0.4, 0.5) is 0 Å². The Labute approximate surface area is 111 Å². The molecule has 0 aromatic carbocycles. The third-order valence-corrected chi connectivity index (χ3v) is 2.00. The molecule has 7 heteroatoms. The summed E-state index contributed by atoms with van der Waals surface area (Å²) in [4.78, 5) is 15.6. The van der Waals surface area contributed by atoms with Crippen molar-refractivity contribution in [3.05, 3.63) is 42.0 Å². The van der Waals surface area contributed by atoms with Crippen LogP contribution < -0.4 is 4.74 Å². The van der Waals surface area contributed by atoms with Gasteiger partial charge in [-0.15, -0.1) is 0 Å². The third kappa shape index (κ3) is 5.53. The topological polar surface area (TPSA) is 93.4 Å². The van der Waals surface area contributed by atoms with Crippen LogP contribution in [0.3, 0.4) is 0 Å². The lowest BCUT2D eigenvalue weighted by molar-refractivity contribution is 0.322. The van der Waals surface area contributed by atoms with Crippen LogP contribution in [-0.4, -0.2) is 38.5 Å². The summed E-state index contributed by atoms with van der Waals surface area (Å²) in [7, 11) is 1.59. The van der Waals surface area contributed by atoms with Gasteiger partial charge in [-0.1, -0.05) is 5.16 Å². The second kappa shape index (κ2) is 7.70. The summed E-state index contributed by atoms with van der Waals surface area (Å²) < 4.78 is 4.84. The molecule has 2 heterocycles. The fourth-order valence-corrected chi connectivity index (χ4v) is 1.02. The minimum atomic E-state index is 0.688. The maximum atomic E-state index is 8.10. The average Bonchev–Trinajstić information content (AvgIpc) is 2.43. The van der Waals surface area contributed by atoms with E-state index in [1.165, 1.54) is 6.21 Å². The summed E-state index contributed by atoms with van der Waals surface area (Å²) in [5.41, 5.74) is 0.688. The molecule has 0 aliphatic rings. The first-order valence-electron chi connectivity index (χ1n) is 5.44. The van der Waals surface area contributed by atoms with E-state index < -0.39 is 0 Å². The SMILES string of the molecule is COc1cnc(C)nc1.Cc1ncc(/C=N/O)cn1. The fraction of sp³-hybridized carbons (Fsp3) is 0.250. The van der Waals surface area contributed by atoms with Gasteiger partial charge in [-0.2, -0.15) is 0 Å². The first-order valence-corrected chi connectivity index (χ1v) is 5.44. The number of ether oxygens (including phenoxy) is 1. The van der Waals surface area contributed by atoms with E-state index >= 15 is 0 Å². The Kier molecular flexibility index (Phi) is 5.87. The van der Waals surface area contributed by atoms with Crippen molar-refractivity contribution >= 4 is 6.21 Å². The van der Waals surface area contributed by atoms with Gasteiger partial charge < -0.3 is 9.94 Å². The average molecular weight is 261 g/mol. The summed E-state index contributed by atoms with van der Waals surface area (Å²) in [6.07, 6.45) is 7.73. The maximum absolute atomic E-state index is 8.10. The molecule has 1 N–H and O–H groups in total. The Hall–Kier alpha value is -2.57. The van der Waals surface area contributed by atoms with Crippen molar-refractivity contribution < 1.29 is 9.94 Å². The Bertz CT molecular complexity index is 511. The Morgan fingerprint density at radius 2 is 1.47 bits per heavy atom. The summed E-state index contributed by atoms with van der Waals surface area (Å²) in [6, 6.07) is 0.